The van der Waals surface area contributed by atoms with Gasteiger partial charge in [0.15, 0.2) is 5.82 Å². The lowest BCUT2D eigenvalue weighted by atomic mass is 10.1. The summed E-state index contributed by atoms with van der Waals surface area (Å²) in [6.07, 6.45) is 1.67. The number of hydrogen-bond donors (Lipinski definition) is 2. The van der Waals surface area contributed by atoms with E-state index in [0.29, 0.717) is 17.3 Å². The third kappa shape index (κ3) is 2.41. The van der Waals surface area contributed by atoms with Crippen molar-refractivity contribution in [2.24, 2.45) is 5.73 Å². The van der Waals surface area contributed by atoms with Gasteiger partial charge in [-0.25, -0.2) is 9.37 Å². The second-order valence-electron chi connectivity index (χ2n) is 4.29. The number of nitrogens with two attached hydrogens (primary N) is 1. The molecule has 0 aliphatic rings. The number of aromatic nitrogens is 4. The average molecular weight is 269 g/mol. The largest absolute Gasteiger partial charge is 0.318 e. The Morgan fingerprint density at radius 1 is 1.10 bits per heavy atom. The van der Waals surface area contributed by atoms with Crippen LogP contribution in [0.2, 0.25) is 0 Å². The van der Waals surface area contributed by atoms with Gasteiger partial charge in [0.25, 0.3) is 0 Å². The van der Waals surface area contributed by atoms with Crippen molar-refractivity contribution in [2.75, 3.05) is 0 Å². The molecule has 0 aliphatic heterocycles. The van der Waals surface area contributed by atoms with Gasteiger partial charge in [-0.2, -0.15) is 5.10 Å². The smallest absolute Gasteiger partial charge is 0.199 e. The van der Waals surface area contributed by atoms with Crippen LogP contribution in [0.4, 0.5) is 4.39 Å². The number of pyridine rings is 1. The second-order valence-corrected chi connectivity index (χ2v) is 4.29. The Labute approximate surface area is 114 Å². The molecule has 0 spiro atoms. The van der Waals surface area contributed by atoms with E-state index in [0.717, 1.165) is 5.56 Å². The minimum Gasteiger partial charge on any atom is -0.318 e. The van der Waals surface area contributed by atoms with Crippen molar-refractivity contribution in [1.82, 2.24) is 20.2 Å². The quantitative estimate of drug-likeness (QED) is 0.762. The van der Waals surface area contributed by atoms with Crippen molar-refractivity contribution in [3.05, 3.63) is 65.9 Å². The second kappa shape index (κ2) is 5.18. The van der Waals surface area contributed by atoms with E-state index in [2.05, 4.69) is 20.2 Å². The summed E-state index contributed by atoms with van der Waals surface area (Å²) in [7, 11) is 0. The highest BCUT2D eigenvalue weighted by atomic mass is 19.1. The van der Waals surface area contributed by atoms with Crippen LogP contribution in [0.5, 0.6) is 0 Å². The van der Waals surface area contributed by atoms with Gasteiger partial charge in [0.05, 0.1) is 6.04 Å². The maximum atomic E-state index is 12.9. The van der Waals surface area contributed by atoms with Crippen molar-refractivity contribution < 1.29 is 4.39 Å². The lowest BCUT2D eigenvalue weighted by molar-refractivity contribution is 0.626. The molecule has 0 saturated carbocycles. The van der Waals surface area contributed by atoms with Crippen molar-refractivity contribution in [2.45, 2.75) is 6.04 Å². The fourth-order valence-corrected chi connectivity index (χ4v) is 1.85. The Kier molecular flexibility index (Phi) is 3.22. The van der Waals surface area contributed by atoms with Crippen LogP contribution in [0.1, 0.15) is 17.4 Å². The first-order valence-corrected chi connectivity index (χ1v) is 6.09. The maximum Gasteiger partial charge on any atom is 0.199 e. The van der Waals surface area contributed by atoms with Gasteiger partial charge in [0.1, 0.15) is 17.3 Å². The summed E-state index contributed by atoms with van der Waals surface area (Å²) in [5.41, 5.74) is 7.51. The number of benzene rings is 1. The number of H-pyrrole nitrogens is 1. The van der Waals surface area contributed by atoms with E-state index in [1.807, 2.05) is 18.2 Å². The fraction of sp³-hybridized carbons (Fsp3) is 0.0714. The Bertz CT molecular complexity index is 693. The zero-order valence-electron chi connectivity index (χ0n) is 10.5. The molecular weight excluding hydrogens is 257 g/mol. The van der Waals surface area contributed by atoms with Crippen LogP contribution in [-0.2, 0) is 0 Å². The van der Waals surface area contributed by atoms with Crippen LogP contribution in [0.25, 0.3) is 11.5 Å². The van der Waals surface area contributed by atoms with E-state index >= 15 is 0 Å². The van der Waals surface area contributed by atoms with Gasteiger partial charge in [0.2, 0.25) is 0 Å². The highest BCUT2D eigenvalue weighted by Gasteiger charge is 2.15. The van der Waals surface area contributed by atoms with Gasteiger partial charge in [-0.1, -0.05) is 18.2 Å². The van der Waals surface area contributed by atoms with Gasteiger partial charge in [-0.3, -0.25) is 10.1 Å². The number of hydrogen-bond acceptors (Lipinski definition) is 4. The maximum absolute atomic E-state index is 12.9. The molecule has 100 valence electrons. The van der Waals surface area contributed by atoms with E-state index < -0.39 is 6.04 Å². The molecule has 0 aliphatic carbocycles. The van der Waals surface area contributed by atoms with E-state index in [1.54, 1.807) is 18.3 Å². The number of nitrogens with one attached hydrogen (secondary N) is 1. The molecule has 1 aromatic carbocycles. The molecule has 0 radical (unpaired) electrons. The van der Waals surface area contributed by atoms with E-state index in [1.165, 1.54) is 12.1 Å². The SMILES string of the molecule is N[C@@H](c1ccc(F)cc1)c1nc(-c2ccccn2)n[nH]1. The first-order valence-electron chi connectivity index (χ1n) is 6.09. The molecule has 5 nitrogen and oxygen atoms in total. The molecule has 3 N–H and O–H groups in total. The molecule has 0 unspecified atom stereocenters. The normalized spacial score (nSPS) is 12.3. The Morgan fingerprint density at radius 3 is 2.60 bits per heavy atom. The Balaban J connectivity index is 1.88. The predicted octanol–water partition coefficient (Wildman–Crippen LogP) is 2.05. The van der Waals surface area contributed by atoms with Crippen LogP contribution in [0.15, 0.2) is 48.7 Å². The third-order valence-corrected chi connectivity index (χ3v) is 2.92. The van der Waals surface area contributed by atoms with E-state index in [4.69, 9.17) is 5.73 Å². The van der Waals surface area contributed by atoms with Crippen LogP contribution in [0.3, 0.4) is 0 Å². The lowest BCUT2D eigenvalue weighted by Gasteiger charge is -2.07. The lowest BCUT2D eigenvalue weighted by Crippen LogP contribution is -2.13. The van der Waals surface area contributed by atoms with Gasteiger partial charge >= 0.3 is 0 Å². The number of halogens is 1. The zero-order chi connectivity index (χ0) is 13.9. The van der Waals surface area contributed by atoms with E-state index in [-0.39, 0.29) is 5.82 Å². The Hall–Kier alpha value is -2.60. The molecule has 2 aromatic heterocycles. The summed E-state index contributed by atoms with van der Waals surface area (Å²) in [6, 6.07) is 11.0. The third-order valence-electron chi connectivity index (χ3n) is 2.92. The van der Waals surface area contributed by atoms with Crippen LogP contribution < -0.4 is 5.73 Å². The van der Waals surface area contributed by atoms with Gasteiger partial charge < -0.3 is 5.73 Å². The summed E-state index contributed by atoms with van der Waals surface area (Å²) in [6.45, 7) is 0. The van der Waals surface area contributed by atoms with Crippen LogP contribution >= 0.6 is 0 Å². The standard InChI is InChI=1S/C14H12FN5/c15-10-6-4-9(5-7-10)12(16)14-18-13(19-20-14)11-3-1-2-8-17-11/h1-8,12H,16H2,(H,18,19,20)/t12-/m0/s1. The number of nitrogens with zero attached hydrogens (tertiary/aromatic N) is 3. The summed E-state index contributed by atoms with van der Waals surface area (Å²) >= 11 is 0. The average Bonchev–Trinajstić information content (AvgIpc) is 2.98. The zero-order valence-corrected chi connectivity index (χ0v) is 10.5. The summed E-state index contributed by atoms with van der Waals surface area (Å²) in [5.74, 6) is 0.697. The Morgan fingerprint density at radius 2 is 1.90 bits per heavy atom. The summed E-state index contributed by atoms with van der Waals surface area (Å²) in [5, 5.41) is 6.90. The molecule has 3 aromatic rings. The molecule has 0 saturated heterocycles. The van der Waals surface area contributed by atoms with Gasteiger partial charge in [-0.15, -0.1) is 0 Å². The van der Waals surface area contributed by atoms with Crippen molar-refractivity contribution in [1.29, 1.82) is 0 Å². The predicted molar refractivity (Wildman–Crippen MR) is 72.0 cm³/mol. The van der Waals surface area contributed by atoms with Gasteiger partial charge in [0, 0.05) is 6.20 Å². The van der Waals surface area contributed by atoms with E-state index in [9.17, 15) is 4.39 Å². The van der Waals surface area contributed by atoms with Crippen LogP contribution in [0, 0.1) is 5.82 Å². The number of aromatic amines is 1. The molecule has 6 heteroatoms. The fourth-order valence-electron chi connectivity index (χ4n) is 1.85. The molecule has 0 amide bonds. The highest BCUT2D eigenvalue weighted by molar-refractivity contribution is 5.47. The molecule has 0 bridgehead atoms. The minimum absolute atomic E-state index is 0.298. The molecular formula is C14H12FN5. The molecule has 1 atom stereocenters. The molecule has 2 heterocycles. The summed E-state index contributed by atoms with van der Waals surface area (Å²) in [4.78, 5) is 8.50. The topological polar surface area (TPSA) is 80.5 Å². The highest BCUT2D eigenvalue weighted by Crippen LogP contribution is 2.19. The monoisotopic (exact) mass is 269 g/mol. The van der Waals surface area contributed by atoms with Crippen molar-refractivity contribution in [3.63, 3.8) is 0 Å². The van der Waals surface area contributed by atoms with Crippen molar-refractivity contribution in [3.8, 4) is 11.5 Å². The molecule has 20 heavy (non-hydrogen) atoms. The first-order chi connectivity index (χ1) is 9.74. The van der Waals surface area contributed by atoms with Gasteiger partial charge in [-0.05, 0) is 29.8 Å². The van der Waals surface area contributed by atoms with Crippen molar-refractivity contribution >= 4 is 0 Å². The van der Waals surface area contributed by atoms with Crippen LogP contribution in [-0.4, -0.2) is 20.2 Å². The summed E-state index contributed by atoms with van der Waals surface area (Å²) < 4.78 is 12.9. The molecule has 3 rings (SSSR count). The minimum atomic E-state index is -0.486. The molecule has 0 fully saturated rings. The first kappa shape index (κ1) is 12.4. The number of rotatable bonds is 3.